The molecule has 0 aliphatic heterocycles. The highest BCUT2D eigenvalue weighted by Gasteiger charge is 2.33. The Hall–Kier alpha value is -1.46. The summed E-state index contributed by atoms with van der Waals surface area (Å²) in [5.41, 5.74) is 0. The van der Waals surface area contributed by atoms with Crippen molar-refractivity contribution in [1.29, 1.82) is 0 Å². The van der Waals surface area contributed by atoms with Crippen molar-refractivity contribution in [3.63, 3.8) is 0 Å². The number of rotatable bonds is 4. The van der Waals surface area contributed by atoms with Crippen molar-refractivity contribution in [2.24, 2.45) is 0 Å². The van der Waals surface area contributed by atoms with Gasteiger partial charge in [-0.1, -0.05) is 6.42 Å². The van der Waals surface area contributed by atoms with E-state index in [0.717, 1.165) is 38.5 Å². The summed E-state index contributed by atoms with van der Waals surface area (Å²) in [4.78, 5) is 23.4. The molecule has 2 atom stereocenters. The van der Waals surface area contributed by atoms with Crippen molar-refractivity contribution in [1.82, 2.24) is 0 Å². The molecule has 0 heterocycles. The standard InChI is InChI=1S/C16H26O6/c1-2-19-15(17)21-13-10-6-7-11-14(13)22-16(18)20-12-8-4-3-5-9-12/h12-14H,2-11H2,1H3. The van der Waals surface area contributed by atoms with Gasteiger partial charge >= 0.3 is 12.3 Å². The molecule has 22 heavy (non-hydrogen) atoms. The fourth-order valence-corrected chi connectivity index (χ4v) is 3.08. The van der Waals surface area contributed by atoms with Gasteiger partial charge < -0.3 is 18.9 Å². The van der Waals surface area contributed by atoms with Gasteiger partial charge in [0.15, 0.2) is 0 Å². The summed E-state index contributed by atoms with van der Waals surface area (Å²) in [5.74, 6) is 0. The van der Waals surface area contributed by atoms with Crippen LogP contribution in [-0.2, 0) is 18.9 Å². The van der Waals surface area contributed by atoms with E-state index >= 15 is 0 Å². The Morgan fingerprint density at radius 3 is 1.91 bits per heavy atom. The lowest BCUT2D eigenvalue weighted by Gasteiger charge is -2.30. The molecule has 2 rings (SSSR count). The fraction of sp³-hybridized carbons (Fsp3) is 0.875. The van der Waals surface area contributed by atoms with Gasteiger partial charge in [0.2, 0.25) is 0 Å². The quantitative estimate of drug-likeness (QED) is 0.731. The Morgan fingerprint density at radius 2 is 1.32 bits per heavy atom. The highest BCUT2D eigenvalue weighted by Crippen LogP contribution is 2.26. The van der Waals surface area contributed by atoms with Gasteiger partial charge in [0, 0.05) is 0 Å². The second-order valence-corrected chi connectivity index (χ2v) is 5.91. The molecular formula is C16H26O6. The molecule has 0 amide bonds. The maximum atomic E-state index is 11.9. The Kier molecular flexibility index (Phi) is 6.80. The van der Waals surface area contributed by atoms with E-state index in [1.807, 2.05) is 0 Å². The zero-order valence-corrected chi connectivity index (χ0v) is 13.3. The first kappa shape index (κ1) is 16.9. The number of ether oxygens (including phenoxy) is 4. The van der Waals surface area contributed by atoms with Crippen LogP contribution in [0.3, 0.4) is 0 Å². The number of hydrogen-bond donors (Lipinski definition) is 0. The van der Waals surface area contributed by atoms with Crippen LogP contribution < -0.4 is 0 Å². The molecule has 0 saturated heterocycles. The molecule has 0 N–H and O–H groups in total. The van der Waals surface area contributed by atoms with Crippen molar-refractivity contribution in [2.45, 2.75) is 83.0 Å². The summed E-state index contributed by atoms with van der Waals surface area (Å²) in [6.07, 6.45) is 6.20. The van der Waals surface area contributed by atoms with Crippen molar-refractivity contribution in [3.05, 3.63) is 0 Å². The second-order valence-electron chi connectivity index (χ2n) is 5.91. The molecule has 2 fully saturated rings. The maximum absolute atomic E-state index is 11.9. The van der Waals surface area contributed by atoms with Gasteiger partial charge in [-0.3, -0.25) is 0 Å². The van der Waals surface area contributed by atoms with Crippen LogP contribution in [0.4, 0.5) is 9.59 Å². The van der Waals surface area contributed by atoms with Crippen LogP contribution in [0.2, 0.25) is 0 Å². The summed E-state index contributed by atoms with van der Waals surface area (Å²) in [6, 6.07) is 0. The van der Waals surface area contributed by atoms with Crippen molar-refractivity contribution in [3.8, 4) is 0 Å². The Bertz CT molecular complexity index is 364. The van der Waals surface area contributed by atoms with Crippen LogP contribution in [0.15, 0.2) is 0 Å². The van der Waals surface area contributed by atoms with Crippen LogP contribution in [0.25, 0.3) is 0 Å². The number of carbonyl (C=O) groups is 2. The van der Waals surface area contributed by atoms with Gasteiger partial charge in [-0.25, -0.2) is 9.59 Å². The highest BCUT2D eigenvalue weighted by molar-refractivity contribution is 5.61. The summed E-state index contributed by atoms with van der Waals surface area (Å²) >= 11 is 0. The van der Waals surface area contributed by atoms with Gasteiger partial charge in [0.25, 0.3) is 0 Å². The molecule has 0 spiro atoms. The summed E-state index contributed by atoms with van der Waals surface area (Å²) in [7, 11) is 0. The van der Waals surface area contributed by atoms with Crippen LogP contribution >= 0.6 is 0 Å². The molecule has 0 aromatic heterocycles. The van der Waals surface area contributed by atoms with E-state index in [2.05, 4.69) is 0 Å². The second kappa shape index (κ2) is 8.86. The first-order chi connectivity index (χ1) is 10.7. The molecule has 0 bridgehead atoms. The summed E-state index contributed by atoms with van der Waals surface area (Å²) < 4.78 is 20.8. The van der Waals surface area contributed by atoms with E-state index in [0.29, 0.717) is 12.8 Å². The predicted molar refractivity (Wildman–Crippen MR) is 78.6 cm³/mol. The topological polar surface area (TPSA) is 71.1 Å². The van der Waals surface area contributed by atoms with E-state index in [4.69, 9.17) is 18.9 Å². The minimum atomic E-state index is -0.705. The maximum Gasteiger partial charge on any atom is 0.508 e. The smallest absolute Gasteiger partial charge is 0.435 e. The molecule has 0 aromatic carbocycles. The molecule has 2 unspecified atom stereocenters. The third kappa shape index (κ3) is 5.39. The first-order valence-electron chi connectivity index (χ1n) is 8.39. The normalized spacial score (nSPS) is 26.0. The van der Waals surface area contributed by atoms with Crippen molar-refractivity contribution >= 4 is 12.3 Å². The van der Waals surface area contributed by atoms with E-state index < -0.39 is 24.5 Å². The third-order valence-electron chi connectivity index (χ3n) is 4.21. The molecule has 6 heteroatoms. The van der Waals surface area contributed by atoms with Gasteiger partial charge in [-0.15, -0.1) is 0 Å². The molecule has 2 aliphatic carbocycles. The molecular weight excluding hydrogens is 288 g/mol. The van der Waals surface area contributed by atoms with E-state index in [1.54, 1.807) is 6.92 Å². The van der Waals surface area contributed by atoms with Crippen LogP contribution in [0, 0.1) is 0 Å². The average Bonchev–Trinajstić information content (AvgIpc) is 2.50. The SMILES string of the molecule is CCOC(=O)OC1CCCCC1OC(=O)OC1CCCCC1. The molecule has 126 valence electrons. The van der Waals surface area contributed by atoms with Gasteiger partial charge in [-0.05, 0) is 58.3 Å². The largest absolute Gasteiger partial charge is 0.508 e. The number of hydrogen-bond acceptors (Lipinski definition) is 6. The molecule has 2 saturated carbocycles. The van der Waals surface area contributed by atoms with Gasteiger partial charge in [-0.2, -0.15) is 0 Å². The van der Waals surface area contributed by atoms with Crippen LogP contribution in [0.5, 0.6) is 0 Å². The van der Waals surface area contributed by atoms with Crippen molar-refractivity contribution in [2.75, 3.05) is 6.61 Å². The minimum Gasteiger partial charge on any atom is -0.435 e. The van der Waals surface area contributed by atoms with Crippen LogP contribution in [-0.4, -0.2) is 37.2 Å². The van der Waals surface area contributed by atoms with E-state index in [9.17, 15) is 9.59 Å². The molecule has 2 aliphatic rings. The third-order valence-corrected chi connectivity index (χ3v) is 4.21. The average molecular weight is 314 g/mol. The first-order valence-corrected chi connectivity index (χ1v) is 8.39. The zero-order chi connectivity index (χ0) is 15.8. The zero-order valence-electron chi connectivity index (χ0n) is 13.3. The van der Waals surface area contributed by atoms with Crippen LogP contribution in [0.1, 0.15) is 64.7 Å². The Labute approximate surface area is 131 Å². The lowest BCUT2D eigenvalue weighted by atomic mass is 9.94. The van der Waals surface area contributed by atoms with E-state index in [-0.39, 0.29) is 12.7 Å². The van der Waals surface area contributed by atoms with Crippen molar-refractivity contribution < 1.29 is 28.5 Å². The van der Waals surface area contributed by atoms with Gasteiger partial charge in [0.1, 0.15) is 18.3 Å². The van der Waals surface area contributed by atoms with Gasteiger partial charge in [0.05, 0.1) is 6.61 Å². The lowest BCUT2D eigenvalue weighted by Crippen LogP contribution is -2.38. The summed E-state index contributed by atoms with van der Waals surface area (Å²) in [5, 5.41) is 0. The minimum absolute atomic E-state index is 0.0331. The fourth-order valence-electron chi connectivity index (χ4n) is 3.08. The lowest BCUT2D eigenvalue weighted by molar-refractivity contribution is -0.0790. The molecule has 6 nitrogen and oxygen atoms in total. The Morgan fingerprint density at radius 1 is 0.773 bits per heavy atom. The highest BCUT2D eigenvalue weighted by atomic mass is 16.8. The predicted octanol–water partition coefficient (Wildman–Crippen LogP) is 3.96. The summed E-state index contributed by atoms with van der Waals surface area (Å²) in [6.45, 7) is 1.98. The monoisotopic (exact) mass is 314 g/mol. The number of carbonyl (C=O) groups excluding carboxylic acids is 2. The Balaban J connectivity index is 1.79. The molecule has 0 aromatic rings. The van der Waals surface area contributed by atoms with E-state index in [1.165, 1.54) is 6.42 Å². The molecule has 0 radical (unpaired) electrons.